The molecule has 1 amide bonds. The SMILES string of the molecule is O=C(N[C@H]1CCCn2nc(-c3ccnc(C(F)(F)F)c3)cc21)c1cc(F)cc(C2CC2)c1. The number of hydrogen-bond donors (Lipinski definition) is 1. The number of carbonyl (C=O) groups is 1. The van der Waals surface area contributed by atoms with E-state index >= 15 is 0 Å². The zero-order valence-corrected chi connectivity index (χ0v) is 17.0. The molecule has 0 unspecified atom stereocenters. The number of alkyl halides is 3. The van der Waals surface area contributed by atoms with Crippen molar-refractivity contribution in [2.75, 3.05) is 0 Å². The van der Waals surface area contributed by atoms with Crippen LogP contribution in [0, 0.1) is 5.82 Å². The number of fused-ring (bicyclic) bond motifs is 1. The number of halogens is 4. The molecule has 32 heavy (non-hydrogen) atoms. The fraction of sp³-hybridized carbons (Fsp3) is 0.348. The fourth-order valence-electron chi connectivity index (χ4n) is 4.15. The zero-order chi connectivity index (χ0) is 22.5. The van der Waals surface area contributed by atoms with Crippen LogP contribution in [-0.4, -0.2) is 20.7 Å². The molecule has 2 aliphatic rings. The minimum absolute atomic E-state index is 0.271. The first kappa shape index (κ1) is 20.7. The van der Waals surface area contributed by atoms with Gasteiger partial charge in [-0.1, -0.05) is 0 Å². The van der Waals surface area contributed by atoms with Gasteiger partial charge < -0.3 is 5.32 Å². The monoisotopic (exact) mass is 444 g/mol. The average molecular weight is 444 g/mol. The first-order valence-electron chi connectivity index (χ1n) is 10.5. The van der Waals surface area contributed by atoms with Gasteiger partial charge in [0.05, 0.1) is 17.4 Å². The van der Waals surface area contributed by atoms with Crippen molar-refractivity contribution in [3.8, 4) is 11.3 Å². The topological polar surface area (TPSA) is 59.8 Å². The third-order valence-electron chi connectivity index (χ3n) is 5.91. The van der Waals surface area contributed by atoms with E-state index in [0.717, 1.165) is 37.1 Å². The Hall–Kier alpha value is -3.23. The zero-order valence-electron chi connectivity index (χ0n) is 17.0. The number of hydrogen-bond acceptors (Lipinski definition) is 3. The summed E-state index contributed by atoms with van der Waals surface area (Å²) < 4.78 is 54.8. The lowest BCUT2D eigenvalue weighted by Crippen LogP contribution is -2.32. The molecular formula is C23H20F4N4O. The number of pyridine rings is 1. The molecule has 5 nitrogen and oxygen atoms in total. The van der Waals surface area contributed by atoms with Crippen molar-refractivity contribution in [1.29, 1.82) is 0 Å². The van der Waals surface area contributed by atoms with Gasteiger partial charge in [-0.15, -0.1) is 0 Å². The van der Waals surface area contributed by atoms with Crippen LogP contribution < -0.4 is 5.32 Å². The van der Waals surface area contributed by atoms with Crippen LogP contribution >= 0.6 is 0 Å². The maximum Gasteiger partial charge on any atom is 0.433 e. The van der Waals surface area contributed by atoms with E-state index < -0.39 is 17.7 Å². The molecule has 0 spiro atoms. The highest BCUT2D eigenvalue weighted by atomic mass is 19.4. The largest absolute Gasteiger partial charge is 0.433 e. The van der Waals surface area contributed by atoms with Crippen LogP contribution in [0.1, 0.15) is 65.0 Å². The van der Waals surface area contributed by atoms with Gasteiger partial charge >= 0.3 is 6.18 Å². The number of carbonyl (C=O) groups excluding carboxylic acids is 1. The van der Waals surface area contributed by atoms with Crippen LogP contribution in [0.5, 0.6) is 0 Å². The second kappa shape index (κ2) is 7.72. The van der Waals surface area contributed by atoms with Crippen molar-refractivity contribution in [1.82, 2.24) is 20.1 Å². The van der Waals surface area contributed by atoms with E-state index in [1.165, 1.54) is 18.2 Å². The van der Waals surface area contributed by atoms with Crippen LogP contribution in [0.15, 0.2) is 42.6 Å². The summed E-state index contributed by atoms with van der Waals surface area (Å²) >= 11 is 0. The summed E-state index contributed by atoms with van der Waals surface area (Å²) in [6.45, 7) is 0.602. The average Bonchev–Trinajstić information content (AvgIpc) is 3.51. The molecule has 3 aromatic rings. The van der Waals surface area contributed by atoms with E-state index in [0.29, 0.717) is 35.8 Å². The Morgan fingerprint density at radius 3 is 2.66 bits per heavy atom. The fourth-order valence-corrected chi connectivity index (χ4v) is 4.15. The molecule has 1 fully saturated rings. The van der Waals surface area contributed by atoms with Crippen molar-refractivity contribution in [3.63, 3.8) is 0 Å². The van der Waals surface area contributed by atoms with Gasteiger partial charge in [0.2, 0.25) is 0 Å². The number of aromatic nitrogens is 3. The summed E-state index contributed by atoms with van der Waals surface area (Å²) in [6, 6.07) is 8.20. The molecule has 5 rings (SSSR count). The van der Waals surface area contributed by atoms with Gasteiger partial charge in [-0.05, 0) is 73.6 Å². The van der Waals surface area contributed by atoms with Crippen molar-refractivity contribution in [2.45, 2.75) is 50.4 Å². The first-order valence-corrected chi connectivity index (χ1v) is 10.5. The van der Waals surface area contributed by atoms with Crippen LogP contribution in [0.3, 0.4) is 0 Å². The van der Waals surface area contributed by atoms with Gasteiger partial charge in [0.15, 0.2) is 0 Å². The standard InChI is InChI=1S/C23H20F4N4O/c24-17-9-15(13-3-4-13)8-16(10-17)22(32)29-18-2-1-7-31-20(18)12-19(30-31)14-5-6-28-21(11-14)23(25,26)27/h5-6,8-13,18H,1-4,7H2,(H,29,32)/t18-/m0/s1. The van der Waals surface area contributed by atoms with Gasteiger partial charge in [0.25, 0.3) is 5.91 Å². The highest BCUT2D eigenvalue weighted by molar-refractivity contribution is 5.94. The van der Waals surface area contributed by atoms with Gasteiger partial charge in [-0.3, -0.25) is 14.5 Å². The lowest BCUT2D eigenvalue weighted by Gasteiger charge is -2.24. The molecule has 2 aromatic heterocycles. The molecule has 9 heteroatoms. The quantitative estimate of drug-likeness (QED) is 0.560. The Balaban J connectivity index is 1.40. The van der Waals surface area contributed by atoms with Crippen LogP contribution in [-0.2, 0) is 12.7 Å². The van der Waals surface area contributed by atoms with E-state index in [4.69, 9.17) is 0 Å². The maximum atomic E-state index is 14.0. The van der Waals surface area contributed by atoms with Crippen molar-refractivity contribution >= 4 is 5.91 Å². The van der Waals surface area contributed by atoms with Crippen LogP contribution in [0.2, 0.25) is 0 Å². The lowest BCUT2D eigenvalue weighted by atomic mass is 10.0. The van der Waals surface area contributed by atoms with E-state index in [9.17, 15) is 22.4 Å². The van der Waals surface area contributed by atoms with E-state index in [1.54, 1.807) is 16.8 Å². The summed E-state index contributed by atoms with van der Waals surface area (Å²) in [5, 5.41) is 7.39. The molecule has 0 saturated heterocycles. The Bertz CT molecular complexity index is 1180. The van der Waals surface area contributed by atoms with Gasteiger partial charge in [0, 0.05) is 23.9 Å². The number of benzene rings is 1. The molecule has 1 aromatic carbocycles. The molecule has 1 aliphatic carbocycles. The van der Waals surface area contributed by atoms with Crippen molar-refractivity contribution < 1.29 is 22.4 Å². The number of nitrogens with one attached hydrogen (secondary N) is 1. The first-order chi connectivity index (χ1) is 15.3. The number of rotatable bonds is 4. The highest BCUT2D eigenvalue weighted by Crippen LogP contribution is 2.40. The highest BCUT2D eigenvalue weighted by Gasteiger charge is 2.33. The lowest BCUT2D eigenvalue weighted by molar-refractivity contribution is -0.141. The summed E-state index contributed by atoms with van der Waals surface area (Å²) in [6.07, 6.45) is -0.0286. The second-order valence-corrected chi connectivity index (χ2v) is 8.32. The van der Waals surface area contributed by atoms with E-state index in [-0.39, 0.29) is 17.5 Å². The normalized spacial score (nSPS) is 18.3. The van der Waals surface area contributed by atoms with Crippen molar-refractivity contribution in [2.24, 2.45) is 0 Å². The predicted octanol–water partition coefficient (Wildman–Crippen LogP) is 5.25. The Kier molecular flexibility index (Phi) is 4.98. The van der Waals surface area contributed by atoms with Gasteiger partial charge in [0.1, 0.15) is 11.5 Å². The Labute approximate surface area is 181 Å². The second-order valence-electron chi connectivity index (χ2n) is 8.32. The number of aryl methyl sites for hydroxylation is 1. The molecule has 1 N–H and O–H groups in total. The van der Waals surface area contributed by atoms with Gasteiger partial charge in [-0.25, -0.2) is 4.39 Å². The minimum Gasteiger partial charge on any atom is -0.344 e. The summed E-state index contributed by atoms with van der Waals surface area (Å²) in [4.78, 5) is 16.3. The number of nitrogens with zero attached hydrogens (tertiary/aromatic N) is 3. The summed E-state index contributed by atoms with van der Waals surface area (Å²) in [7, 11) is 0. The molecule has 1 atom stereocenters. The molecule has 3 heterocycles. The molecule has 1 aliphatic heterocycles. The number of amides is 1. The molecule has 0 bridgehead atoms. The van der Waals surface area contributed by atoms with Gasteiger partial charge in [-0.2, -0.15) is 18.3 Å². The smallest absolute Gasteiger partial charge is 0.344 e. The maximum absolute atomic E-state index is 14.0. The Morgan fingerprint density at radius 2 is 1.91 bits per heavy atom. The van der Waals surface area contributed by atoms with E-state index in [2.05, 4.69) is 15.4 Å². The molecule has 1 saturated carbocycles. The predicted molar refractivity (Wildman–Crippen MR) is 108 cm³/mol. The Morgan fingerprint density at radius 1 is 1.09 bits per heavy atom. The van der Waals surface area contributed by atoms with E-state index in [1.807, 2.05) is 0 Å². The van der Waals surface area contributed by atoms with Crippen LogP contribution in [0.4, 0.5) is 17.6 Å². The summed E-state index contributed by atoms with van der Waals surface area (Å²) in [5.41, 5.74) is 1.53. The third kappa shape index (κ3) is 4.11. The molecule has 166 valence electrons. The van der Waals surface area contributed by atoms with Crippen LogP contribution in [0.25, 0.3) is 11.3 Å². The third-order valence-corrected chi connectivity index (χ3v) is 5.91. The minimum atomic E-state index is -4.55. The summed E-state index contributed by atoms with van der Waals surface area (Å²) in [5.74, 6) is -0.498. The molecular weight excluding hydrogens is 424 g/mol. The molecule has 0 radical (unpaired) electrons. The van der Waals surface area contributed by atoms with Crippen molar-refractivity contribution in [3.05, 3.63) is 70.9 Å².